The van der Waals surface area contributed by atoms with E-state index in [0.29, 0.717) is 40.1 Å². The van der Waals surface area contributed by atoms with E-state index in [-0.39, 0.29) is 24.0 Å². The molecule has 3 aromatic rings. The summed E-state index contributed by atoms with van der Waals surface area (Å²) >= 11 is 0. The molecule has 0 fully saturated rings. The average molecular weight is 915 g/mol. The van der Waals surface area contributed by atoms with Crippen LogP contribution in [0.4, 0.5) is 0 Å². The fourth-order valence-electron chi connectivity index (χ4n) is 9.30. The highest BCUT2D eigenvalue weighted by atomic mass is 16.5. The smallest absolute Gasteiger partial charge is 0.312 e. The van der Waals surface area contributed by atoms with Crippen LogP contribution in [0.25, 0.3) is 21.5 Å². The fourth-order valence-corrected chi connectivity index (χ4v) is 9.30. The highest BCUT2D eigenvalue weighted by Crippen LogP contribution is 2.45. The summed E-state index contributed by atoms with van der Waals surface area (Å²) in [5.41, 5.74) is 0.710. The van der Waals surface area contributed by atoms with E-state index in [1.807, 2.05) is 30.3 Å². The Hall–Kier alpha value is -3.94. The van der Waals surface area contributed by atoms with Crippen molar-refractivity contribution < 1.29 is 38.9 Å². The molecule has 0 heterocycles. The quantitative estimate of drug-likeness (QED) is 0.0252. The first-order chi connectivity index (χ1) is 31.9. The number of carbonyl (C=O) groups is 4. The molecule has 0 aliphatic carbocycles. The van der Waals surface area contributed by atoms with Crippen molar-refractivity contribution in [1.29, 1.82) is 0 Å². The van der Waals surface area contributed by atoms with Gasteiger partial charge in [0.05, 0.1) is 24.7 Å². The van der Waals surface area contributed by atoms with Gasteiger partial charge in [0.25, 0.3) is 0 Å². The molecule has 0 radical (unpaired) electrons. The normalized spacial score (nSPS) is 12.7. The van der Waals surface area contributed by atoms with Crippen molar-refractivity contribution in [3.8, 4) is 11.5 Å². The zero-order valence-electron chi connectivity index (χ0n) is 42.2. The Morgan fingerprint density at radius 1 is 0.439 bits per heavy atom. The Balaban J connectivity index is 1.60. The van der Waals surface area contributed by atoms with E-state index in [1.54, 1.807) is 12.1 Å². The maximum atomic E-state index is 13.7. The predicted molar refractivity (Wildman–Crippen MR) is 273 cm³/mol. The van der Waals surface area contributed by atoms with Crippen LogP contribution in [0.3, 0.4) is 0 Å². The lowest BCUT2D eigenvalue weighted by Crippen LogP contribution is -2.22. The molecule has 0 saturated heterocycles. The van der Waals surface area contributed by atoms with Gasteiger partial charge in [-0.25, -0.2) is 0 Å². The van der Waals surface area contributed by atoms with Gasteiger partial charge in [0.15, 0.2) is 0 Å². The molecule has 8 heteroatoms. The summed E-state index contributed by atoms with van der Waals surface area (Å²) in [5, 5.41) is 22.4. The lowest BCUT2D eigenvalue weighted by molar-refractivity contribution is -0.147. The van der Waals surface area contributed by atoms with Crippen LogP contribution in [-0.2, 0) is 24.6 Å². The minimum atomic E-state index is -1.00. The molecule has 0 aliphatic rings. The summed E-state index contributed by atoms with van der Waals surface area (Å²) in [4.78, 5) is 52.1. The van der Waals surface area contributed by atoms with Crippen molar-refractivity contribution >= 4 is 45.4 Å². The molecule has 0 saturated carbocycles. The monoisotopic (exact) mass is 915 g/mol. The van der Waals surface area contributed by atoms with Crippen molar-refractivity contribution in [2.24, 2.45) is 11.8 Å². The maximum Gasteiger partial charge on any atom is 0.312 e. The lowest BCUT2D eigenvalue weighted by atomic mass is 9.85. The second-order valence-corrected chi connectivity index (χ2v) is 20.4. The molecule has 0 bridgehead atoms. The fraction of sp³-hybridized carbons (Fsp3) is 0.690. The molecule has 370 valence electrons. The summed E-state index contributed by atoms with van der Waals surface area (Å²) < 4.78 is 12.3. The lowest BCUT2D eigenvalue weighted by Gasteiger charge is -2.22. The van der Waals surface area contributed by atoms with E-state index in [9.17, 15) is 29.4 Å². The molecular weight excluding hydrogens is 825 g/mol. The van der Waals surface area contributed by atoms with Crippen LogP contribution in [0.15, 0.2) is 42.5 Å². The van der Waals surface area contributed by atoms with Crippen LogP contribution in [0.5, 0.6) is 11.5 Å². The topological polar surface area (TPSA) is 127 Å². The zero-order chi connectivity index (χ0) is 48.0. The number of hydrogen-bond acceptors (Lipinski definition) is 6. The van der Waals surface area contributed by atoms with Crippen LogP contribution >= 0.6 is 0 Å². The molecule has 66 heavy (non-hydrogen) atoms. The number of benzene rings is 3. The Bertz CT molecular complexity index is 1860. The molecule has 3 aromatic carbocycles. The number of unbranched alkanes of at least 4 members (excludes halogenated alkanes) is 26. The van der Waals surface area contributed by atoms with Gasteiger partial charge in [0.1, 0.15) is 11.5 Å². The summed E-state index contributed by atoms with van der Waals surface area (Å²) in [6.07, 6.45) is 34.4. The van der Waals surface area contributed by atoms with Crippen molar-refractivity contribution in [1.82, 2.24) is 0 Å². The first-order valence-corrected chi connectivity index (χ1v) is 26.7. The highest BCUT2D eigenvalue weighted by Gasteiger charge is 2.28. The SMILES string of the molecule is CCCCCCCCCCCCCCCCC(CC(=O)Oc1c2ccccc2c(OC(=O)CC(CCCCCCCCCCCCCCCC)C(=O)O)c2cc(C(C)(C)C)ccc12)C(=O)O. The summed E-state index contributed by atoms with van der Waals surface area (Å²) in [6, 6.07) is 13.0. The van der Waals surface area contributed by atoms with Crippen LogP contribution in [0.2, 0.25) is 0 Å². The number of aliphatic carboxylic acids is 2. The van der Waals surface area contributed by atoms with Crippen LogP contribution in [0, 0.1) is 11.8 Å². The number of carboxylic acids is 2. The van der Waals surface area contributed by atoms with Gasteiger partial charge in [-0.1, -0.05) is 251 Å². The number of esters is 2. The summed E-state index contributed by atoms with van der Waals surface area (Å²) in [5.74, 6) is -4.40. The Morgan fingerprint density at radius 2 is 0.742 bits per heavy atom. The number of rotatable bonds is 38. The molecule has 3 rings (SSSR count). The van der Waals surface area contributed by atoms with Gasteiger partial charge in [-0.05, 0) is 29.9 Å². The van der Waals surface area contributed by atoms with E-state index < -0.39 is 35.7 Å². The summed E-state index contributed by atoms with van der Waals surface area (Å²) in [7, 11) is 0. The maximum absolute atomic E-state index is 13.7. The molecule has 2 unspecified atom stereocenters. The molecule has 2 N–H and O–H groups in total. The third kappa shape index (κ3) is 21.8. The van der Waals surface area contributed by atoms with Gasteiger partial charge in [-0.2, -0.15) is 0 Å². The minimum absolute atomic E-state index is 0.254. The first-order valence-electron chi connectivity index (χ1n) is 26.7. The zero-order valence-corrected chi connectivity index (χ0v) is 42.2. The molecular formula is C58H90O8. The largest absolute Gasteiger partial charge is 0.481 e. The average Bonchev–Trinajstić information content (AvgIpc) is 3.28. The second kappa shape index (κ2) is 32.7. The molecule has 0 aromatic heterocycles. The van der Waals surface area contributed by atoms with Crippen molar-refractivity contribution in [2.45, 2.75) is 245 Å². The Labute approximate surface area is 399 Å². The van der Waals surface area contributed by atoms with Crippen LogP contribution in [-0.4, -0.2) is 34.1 Å². The van der Waals surface area contributed by atoms with E-state index in [1.165, 1.54) is 128 Å². The molecule has 8 nitrogen and oxygen atoms in total. The number of fused-ring (bicyclic) bond motifs is 2. The first kappa shape index (κ1) is 56.4. The number of carbonyl (C=O) groups excluding carboxylic acids is 2. The molecule has 0 amide bonds. The van der Waals surface area contributed by atoms with Crippen molar-refractivity contribution in [2.75, 3.05) is 0 Å². The highest BCUT2D eigenvalue weighted by molar-refractivity contribution is 6.13. The number of ether oxygens (including phenoxy) is 2. The Kier molecular flexibility index (Phi) is 27.9. The van der Waals surface area contributed by atoms with Gasteiger partial charge in [0.2, 0.25) is 0 Å². The van der Waals surface area contributed by atoms with E-state index >= 15 is 0 Å². The van der Waals surface area contributed by atoms with Gasteiger partial charge in [-0.3, -0.25) is 19.2 Å². The van der Waals surface area contributed by atoms with Gasteiger partial charge >= 0.3 is 23.9 Å². The molecule has 0 aliphatic heterocycles. The van der Waals surface area contributed by atoms with Crippen LogP contribution < -0.4 is 9.47 Å². The minimum Gasteiger partial charge on any atom is -0.481 e. The van der Waals surface area contributed by atoms with Crippen LogP contribution in [0.1, 0.15) is 246 Å². The summed E-state index contributed by atoms with van der Waals surface area (Å²) in [6.45, 7) is 10.8. The van der Waals surface area contributed by atoms with Crippen molar-refractivity contribution in [3.05, 3.63) is 48.0 Å². The predicted octanol–water partition coefficient (Wildman–Crippen LogP) is 17.0. The number of hydrogen-bond donors (Lipinski definition) is 2. The van der Waals surface area contributed by atoms with Gasteiger partial charge in [-0.15, -0.1) is 0 Å². The molecule has 2 atom stereocenters. The van der Waals surface area contributed by atoms with Crippen molar-refractivity contribution in [3.63, 3.8) is 0 Å². The van der Waals surface area contributed by atoms with E-state index in [2.05, 4.69) is 34.6 Å². The van der Waals surface area contributed by atoms with E-state index in [0.717, 1.165) is 56.9 Å². The molecule has 0 spiro atoms. The third-order valence-electron chi connectivity index (χ3n) is 13.6. The third-order valence-corrected chi connectivity index (χ3v) is 13.6. The number of carboxylic acid groups (broad SMARTS) is 2. The Morgan fingerprint density at radius 3 is 1.06 bits per heavy atom. The second-order valence-electron chi connectivity index (χ2n) is 20.4. The van der Waals surface area contributed by atoms with Gasteiger partial charge in [0, 0.05) is 21.5 Å². The standard InChI is InChI=1S/C58H90O8/c1-6-8-10-12-14-16-18-20-22-24-26-28-30-32-36-45(56(61)62)42-52(59)65-54-48-38-34-35-39-49(48)55(51-44-47(58(3,4)5)40-41-50(51)54)66-53(60)43-46(57(63)64)37-33-31-29-27-25-23-21-19-17-15-13-11-9-7-2/h34-35,38-41,44-46H,6-33,36-37,42-43H2,1-5H3,(H,61,62)(H,63,64). The van der Waals surface area contributed by atoms with E-state index in [4.69, 9.17) is 9.47 Å². The van der Waals surface area contributed by atoms with Gasteiger partial charge < -0.3 is 19.7 Å².